The van der Waals surface area contributed by atoms with E-state index < -0.39 is 18.5 Å². The van der Waals surface area contributed by atoms with Crippen molar-refractivity contribution in [1.82, 2.24) is 14.8 Å². The van der Waals surface area contributed by atoms with Crippen LogP contribution in [0.5, 0.6) is 0 Å². The number of oxazole rings is 1. The first-order valence-corrected chi connectivity index (χ1v) is 9.15. The Morgan fingerprint density at radius 2 is 1.87 bits per heavy atom. The molecule has 0 aliphatic rings. The molecule has 0 unspecified atom stereocenters. The standard InChI is InChI=1S/C22H15N5O4/c23-10-17-11-25-27(18-4-2-1-3-5-18)21(17)26-20(28)13-30-22(29)16-8-6-15(7-9-16)19-12-24-14-31-19/h1-9,11-12,14H,13H2,(H,26,28). The van der Waals surface area contributed by atoms with E-state index >= 15 is 0 Å². The summed E-state index contributed by atoms with van der Waals surface area (Å²) in [6, 6.07) is 17.5. The highest BCUT2D eigenvalue weighted by Gasteiger charge is 2.17. The van der Waals surface area contributed by atoms with Crippen molar-refractivity contribution in [3.63, 3.8) is 0 Å². The largest absolute Gasteiger partial charge is 0.452 e. The number of aromatic nitrogens is 3. The number of para-hydroxylation sites is 1. The van der Waals surface area contributed by atoms with Crippen molar-refractivity contribution >= 4 is 17.7 Å². The molecule has 4 aromatic rings. The lowest BCUT2D eigenvalue weighted by Gasteiger charge is -2.10. The van der Waals surface area contributed by atoms with Crippen molar-refractivity contribution in [2.45, 2.75) is 0 Å². The predicted octanol–water partition coefficient (Wildman–Crippen LogP) is 3.19. The molecule has 9 heteroatoms. The molecule has 0 spiro atoms. The number of hydrogen-bond donors (Lipinski definition) is 1. The molecule has 0 saturated heterocycles. The minimum Gasteiger partial charge on any atom is -0.452 e. The van der Waals surface area contributed by atoms with Crippen LogP contribution in [0.3, 0.4) is 0 Å². The smallest absolute Gasteiger partial charge is 0.338 e. The van der Waals surface area contributed by atoms with E-state index in [1.807, 2.05) is 24.3 Å². The van der Waals surface area contributed by atoms with Crippen molar-refractivity contribution < 1.29 is 18.7 Å². The molecule has 0 atom stereocenters. The Bertz CT molecular complexity index is 1240. The van der Waals surface area contributed by atoms with E-state index in [2.05, 4.69) is 15.4 Å². The zero-order valence-electron chi connectivity index (χ0n) is 16.1. The van der Waals surface area contributed by atoms with Gasteiger partial charge in [0, 0.05) is 5.56 Å². The Kier molecular flexibility index (Phi) is 5.53. The van der Waals surface area contributed by atoms with Gasteiger partial charge in [-0.05, 0) is 24.3 Å². The lowest BCUT2D eigenvalue weighted by molar-refractivity contribution is -0.119. The summed E-state index contributed by atoms with van der Waals surface area (Å²) in [5.74, 6) is -0.481. The van der Waals surface area contributed by atoms with Crippen LogP contribution in [0.2, 0.25) is 0 Å². The van der Waals surface area contributed by atoms with Crippen molar-refractivity contribution in [3.05, 3.63) is 84.5 Å². The Hall–Kier alpha value is -4.71. The molecular formula is C22H15N5O4. The number of esters is 1. The topological polar surface area (TPSA) is 123 Å². The number of rotatable bonds is 6. The molecule has 9 nitrogen and oxygen atoms in total. The third kappa shape index (κ3) is 4.33. The molecule has 2 heterocycles. The maximum absolute atomic E-state index is 12.3. The van der Waals surface area contributed by atoms with Gasteiger partial charge in [-0.1, -0.05) is 30.3 Å². The minimum atomic E-state index is -0.656. The third-order valence-corrected chi connectivity index (χ3v) is 4.32. The second-order valence-corrected chi connectivity index (χ2v) is 6.33. The molecule has 0 saturated carbocycles. The molecular weight excluding hydrogens is 398 g/mol. The normalized spacial score (nSPS) is 10.3. The fourth-order valence-corrected chi connectivity index (χ4v) is 2.83. The highest BCUT2D eigenvalue weighted by atomic mass is 16.5. The second-order valence-electron chi connectivity index (χ2n) is 6.33. The van der Waals surface area contributed by atoms with Crippen LogP contribution in [0.1, 0.15) is 15.9 Å². The number of nitriles is 1. The monoisotopic (exact) mass is 413 g/mol. The minimum absolute atomic E-state index is 0.187. The zero-order chi connectivity index (χ0) is 21.6. The average Bonchev–Trinajstić information content (AvgIpc) is 3.48. The van der Waals surface area contributed by atoms with E-state index in [1.54, 1.807) is 42.6 Å². The summed E-state index contributed by atoms with van der Waals surface area (Å²) >= 11 is 0. The van der Waals surface area contributed by atoms with Gasteiger partial charge < -0.3 is 14.5 Å². The van der Waals surface area contributed by atoms with Crippen LogP contribution in [0.4, 0.5) is 5.82 Å². The fourth-order valence-electron chi connectivity index (χ4n) is 2.83. The molecule has 31 heavy (non-hydrogen) atoms. The average molecular weight is 413 g/mol. The maximum Gasteiger partial charge on any atom is 0.338 e. The highest BCUT2D eigenvalue weighted by Crippen LogP contribution is 2.20. The quantitative estimate of drug-likeness (QED) is 0.482. The Morgan fingerprint density at radius 1 is 1.10 bits per heavy atom. The molecule has 2 aromatic heterocycles. The summed E-state index contributed by atoms with van der Waals surface area (Å²) in [6.07, 6.45) is 4.23. The molecule has 0 radical (unpaired) electrons. The van der Waals surface area contributed by atoms with Crippen LogP contribution in [-0.2, 0) is 9.53 Å². The van der Waals surface area contributed by atoms with Crippen molar-refractivity contribution in [2.75, 3.05) is 11.9 Å². The number of benzene rings is 2. The molecule has 0 aliphatic heterocycles. The molecule has 0 bridgehead atoms. The summed E-state index contributed by atoms with van der Waals surface area (Å²) < 4.78 is 11.7. The number of anilines is 1. The van der Waals surface area contributed by atoms with Gasteiger partial charge in [0.25, 0.3) is 5.91 Å². The van der Waals surface area contributed by atoms with Crippen LogP contribution in [-0.4, -0.2) is 33.2 Å². The molecule has 1 amide bonds. The van der Waals surface area contributed by atoms with Crippen molar-refractivity contribution in [3.8, 4) is 23.1 Å². The SMILES string of the molecule is N#Cc1cnn(-c2ccccc2)c1NC(=O)COC(=O)c1ccc(-c2cnco2)cc1. The Labute approximate surface area is 176 Å². The van der Waals surface area contributed by atoms with Gasteiger partial charge in [-0.3, -0.25) is 4.79 Å². The van der Waals surface area contributed by atoms with Gasteiger partial charge in [0.2, 0.25) is 0 Å². The molecule has 4 rings (SSSR count). The van der Waals surface area contributed by atoms with Gasteiger partial charge in [-0.15, -0.1) is 0 Å². The van der Waals surface area contributed by atoms with E-state index in [4.69, 9.17) is 9.15 Å². The number of nitrogens with one attached hydrogen (secondary N) is 1. The number of nitrogens with zero attached hydrogens (tertiary/aromatic N) is 4. The van der Waals surface area contributed by atoms with E-state index in [0.717, 1.165) is 5.56 Å². The van der Waals surface area contributed by atoms with Gasteiger partial charge >= 0.3 is 5.97 Å². The lowest BCUT2D eigenvalue weighted by atomic mass is 10.1. The van der Waals surface area contributed by atoms with Crippen LogP contribution in [0.15, 0.2) is 77.8 Å². The van der Waals surface area contributed by atoms with Crippen molar-refractivity contribution in [1.29, 1.82) is 5.26 Å². The predicted molar refractivity (Wildman–Crippen MR) is 109 cm³/mol. The van der Waals surface area contributed by atoms with Gasteiger partial charge in [0.15, 0.2) is 24.6 Å². The Morgan fingerprint density at radius 3 is 2.55 bits per heavy atom. The first-order valence-electron chi connectivity index (χ1n) is 9.15. The molecule has 2 aromatic carbocycles. The summed E-state index contributed by atoms with van der Waals surface area (Å²) in [7, 11) is 0. The van der Waals surface area contributed by atoms with Crippen molar-refractivity contribution in [2.24, 2.45) is 0 Å². The fraction of sp³-hybridized carbons (Fsp3) is 0.0455. The van der Waals surface area contributed by atoms with Crippen LogP contribution < -0.4 is 5.32 Å². The summed E-state index contributed by atoms with van der Waals surface area (Å²) in [5, 5.41) is 16.0. The van der Waals surface area contributed by atoms with Gasteiger partial charge in [-0.25, -0.2) is 14.5 Å². The van der Waals surface area contributed by atoms with E-state index in [-0.39, 0.29) is 16.9 Å². The maximum atomic E-state index is 12.3. The molecule has 1 N–H and O–H groups in total. The van der Waals surface area contributed by atoms with Crippen LogP contribution >= 0.6 is 0 Å². The Balaban J connectivity index is 1.40. The third-order valence-electron chi connectivity index (χ3n) is 4.32. The van der Waals surface area contributed by atoms with E-state index in [1.165, 1.54) is 17.3 Å². The molecule has 152 valence electrons. The molecule has 0 fully saturated rings. The summed E-state index contributed by atoms with van der Waals surface area (Å²) in [4.78, 5) is 28.4. The number of amides is 1. The number of carbonyl (C=O) groups excluding carboxylic acids is 2. The summed E-state index contributed by atoms with van der Waals surface area (Å²) in [5.41, 5.74) is 1.89. The van der Waals surface area contributed by atoms with E-state index in [9.17, 15) is 14.9 Å². The van der Waals surface area contributed by atoms with Crippen LogP contribution in [0, 0.1) is 11.3 Å². The highest BCUT2D eigenvalue weighted by molar-refractivity contribution is 5.96. The first kappa shape index (κ1) is 19.6. The van der Waals surface area contributed by atoms with Crippen LogP contribution in [0.25, 0.3) is 17.0 Å². The first-order chi connectivity index (χ1) is 15.2. The number of hydrogen-bond acceptors (Lipinski definition) is 7. The van der Waals surface area contributed by atoms with Gasteiger partial charge in [0.05, 0.1) is 23.6 Å². The second kappa shape index (κ2) is 8.75. The summed E-state index contributed by atoms with van der Waals surface area (Å²) in [6.45, 7) is -0.520. The number of ether oxygens (including phenoxy) is 1. The lowest BCUT2D eigenvalue weighted by Crippen LogP contribution is -2.22. The zero-order valence-corrected chi connectivity index (χ0v) is 16.1. The van der Waals surface area contributed by atoms with E-state index in [0.29, 0.717) is 11.4 Å². The van der Waals surface area contributed by atoms with Gasteiger partial charge in [0.1, 0.15) is 11.6 Å². The molecule has 0 aliphatic carbocycles. The van der Waals surface area contributed by atoms with Gasteiger partial charge in [-0.2, -0.15) is 10.4 Å². The number of carbonyl (C=O) groups is 2.